The number of aromatic nitrogens is 3. The Morgan fingerprint density at radius 1 is 1.10 bits per heavy atom. The van der Waals surface area contributed by atoms with Crippen molar-refractivity contribution < 1.29 is 4.79 Å². The van der Waals surface area contributed by atoms with Gasteiger partial charge in [-0.25, -0.2) is 9.78 Å². The van der Waals surface area contributed by atoms with Gasteiger partial charge in [-0.1, -0.05) is 48.6 Å². The topological polar surface area (TPSA) is 89.2 Å². The minimum Gasteiger partial charge on any atom is -0.350 e. The number of piperidine rings is 1. The third-order valence-electron chi connectivity index (χ3n) is 5.46. The summed E-state index contributed by atoms with van der Waals surface area (Å²) in [6, 6.07) is 9.59. The van der Waals surface area contributed by atoms with E-state index in [4.69, 9.17) is 0 Å². The van der Waals surface area contributed by atoms with Gasteiger partial charge in [0.15, 0.2) is 10.8 Å². The van der Waals surface area contributed by atoms with Gasteiger partial charge in [-0.15, -0.1) is 0 Å². The second kappa shape index (κ2) is 9.47. The molecule has 9 heteroatoms. The van der Waals surface area contributed by atoms with Crippen molar-refractivity contribution in [3.8, 4) is 0 Å². The summed E-state index contributed by atoms with van der Waals surface area (Å²) < 4.78 is 3.01. The van der Waals surface area contributed by atoms with Crippen molar-refractivity contribution in [1.29, 1.82) is 0 Å². The summed E-state index contributed by atoms with van der Waals surface area (Å²) in [7, 11) is 0. The molecule has 31 heavy (non-hydrogen) atoms. The minimum absolute atomic E-state index is 0.171. The van der Waals surface area contributed by atoms with E-state index in [0.29, 0.717) is 29.9 Å². The highest BCUT2D eigenvalue weighted by Gasteiger charge is 2.22. The van der Waals surface area contributed by atoms with E-state index in [0.717, 1.165) is 36.6 Å². The van der Waals surface area contributed by atoms with Crippen molar-refractivity contribution in [1.82, 2.24) is 19.4 Å². The van der Waals surface area contributed by atoms with Gasteiger partial charge in [0.25, 0.3) is 5.56 Å². The fourth-order valence-electron chi connectivity index (χ4n) is 3.85. The van der Waals surface area contributed by atoms with Crippen LogP contribution in [0.25, 0.3) is 10.3 Å². The van der Waals surface area contributed by atoms with Gasteiger partial charge >= 0.3 is 5.69 Å². The van der Waals surface area contributed by atoms with Crippen LogP contribution in [0.4, 0.5) is 5.13 Å². The van der Waals surface area contributed by atoms with E-state index < -0.39 is 5.69 Å². The van der Waals surface area contributed by atoms with Crippen LogP contribution in [0.1, 0.15) is 38.2 Å². The molecule has 0 spiro atoms. The van der Waals surface area contributed by atoms with Crippen LogP contribution in [0.15, 0.2) is 39.9 Å². The van der Waals surface area contributed by atoms with E-state index in [-0.39, 0.29) is 18.0 Å². The Bertz CT molecular complexity index is 1180. The van der Waals surface area contributed by atoms with Crippen LogP contribution in [-0.4, -0.2) is 33.1 Å². The van der Waals surface area contributed by atoms with Crippen molar-refractivity contribution in [2.75, 3.05) is 18.0 Å². The number of carbonyl (C=O) groups excluding carboxylic acids is 1. The number of amides is 1. The highest BCUT2D eigenvalue weighted by Crippen LogP contribution is 2.28. The lowest BCUT2D eigenvalue weighted by atomic mass is 10.1. The fraction of sp³-hybridized carbons (Fsp3) is 0.455. The summed E-state index contributed by atoms with van der Waals surface area (Å²) in [5, 5.41) is 3.60. The van der Waals surface area contributed by atoms with Crippen LogP contribution >= 0.6 is 11.3 Å². The molecule has 0 aliphatic carbocycles. The summed E-state index contributed by atoms with van der Waals surface area (Å²) in [6.45, 7) is 4.22. The first-order valence-corrected chi connectivity index (χ1v) is 11.6. The van der Waals surface area contributed by atoms with Crippen LogP contribution in [-0.2, 0) is 24.4 Å². The Labute approximate surface area is 184 Å². The molecular formula is C22H27N5O3S. The SMILES string of the molecule is CCCn1c(=O)c2sc(N3CCCCC3)nc2n(CC(=O)NCc2ccccc2)c1=O. The van der Waals surface area contributed by atoms with Gasteiger partial charge in [-0.05, 0) is 31.2 Å². The van der Waals surface area contributed by atoms with Gasteiger partial charge in [-0.3, -0.25) is 18.7 Å². The average molecular weight is 442 g/mol. The Hall–Kier alpha value is -2.94. The standard InChI is InChI=1S/C22H27N5O3S/c1-2-11-26-20(29)18-19(24-21(31-18)25-12-7-4-8-13-25)27(22(26)30)15-17(28)23-14-16-9-5-3-6-10-16/h3,5-6,9-10H,2,4,7-8,11-15H2,1H3,(H,23,28). The maximum absolute atomic E-state index is 13.1. The van der Waals surface area contributed by atoms with E-state index in [1.165, 1.54) is 26.9 Å². The third kappa shape index (κ3) is 4.56. The lowest BCUT2D eigenvalue weighted by Crippen LogP contribution is -2.42. The Balaban J connectivity index is 1.68. The minimum atomic E-state index is -0.482. The first kappa shape index (κ1) is 21.3. The largest absolute Gasteiger partial charge is 0.350 e. The van der Waals surface area contributed by atoms with Gasteiger partial charge in [0.05, 0.1) is 0 Å². The molecule has 1 N–H and O–H groups in total. The molecule has 0 radical (unpaired) electrons. The molecule has 8 nitrogen and oxygen atoms in total. The number of nitrogens with zero attached hydrogens (tertiary/aromatic N) is 4. The molecule has 1 aliphatic heterocycles. The molecule has 0 unspecified atom stereocenters. The number of anilines is 1. The zero-order chi connectivity index (χ0) is 21.8. The Kier molecular flexibility index (Phi) is 6.50. The molecule has 0 saturated carbocycles. The molecule has 0 atom stereocenters. The number of benzene rings is 1. The summed E-state index contributed by atoms with van der Waals surface area (Å²) >= 11 is 1.32. The summed E-state index contributed by atoms with van der Waals surface area (Å²) in [6.07, 6.45) is 4.02. The molecule has 164 valence electrons. The van der Waals surface area contributed by atoms with Crippen molar-refractivity contribution in [3.05, 3.63) is 56.7 Å². The van der Waals surface area contributed by atoms with Crippen LogP contribution in [0.2, 0.25) is 0 Å². The van der Waals surface area contributed by atoms with E-state index in [1.807, 2.05) is 37.3 Å². The monoisotopic (exact) mass is 441 g/mol. The van der Waals surface area contributed by atoms with Crippen LogP contribution < -0.4 is 21.5 Å². The smallest absolute Gasteiger partial charge is 0.333 e. The highest BCUT2D eigenvalue weighted by atomic mass is 32.1. The van der Waals surface area contributed by atoms with Gasteiger partial charge in [0.2, 0.25) is 5.91 Å². The second-order valence-electron chi connectivity index (χ2n) is 7.78. The van der Waals surface area contributed by atoms with Crippen LogP contribution in [0, 0.1) is 0 Å². The quantitative estimate of drug-likeness (QED) is 0.608. The zero-order valence-electron chi connectivity index (χ0n) is 17.7. The predicted octanol–water partition coefficient (Wildman–Crippen LogP) is 2.34. The first-order chi connectivity index (χ1) is 15.1. The highest BCUT2D eigenvalue weighted by molar-refractivity contribution is 7.22. The van der Waals surface area contributed by atoms with E-state index >= 15 is 0 Å². The molecule has 1 aromatic carbocycles. The molecule has 4 rings (SSSR count). The van der Waals surface area contributed by atoms with Crippen molar-refractivity contribution >= 4 is 32.7 Å². The van der Waals surface area contributed by atoms with E-state index in [2.05, 4.69) is 15.2 Å². The number of carbonyl (C=O) groups is 1. The number of rotatable bonds is 7. The zero-order valence-corrected chi connectivity index (χ0v) is 18.5. The van der Waals surface area contributed by atoms with Gasteiger partial charge in [0.1, 0.15) is 11.2 Å². The normalized spacial score (nSPS) is 14.2. The summed E-state index contributed by atoms with van der Waals surface area (Å²) in [5.74, 6) is -0.290. The second-order valence-corrected chi connectivity index (χ2v) is 8.76. The Morgan fingerprint density at radius 2 is 1.84 bits per heavy atom. The van der Waals surface area contributed by atoms with Gasteiger partial charge in [-0.2, -0.15) is 0 Å². The maximum atomic E-state index is 13.1. The predicted molar refractivity (Wildman–Crippen MR) is 123 cm³/mol. The van der Waals surface area contributed by atoms with Crippen molar-refractivity contribution in [3.63, 3.8) is 0 Å². The molecule has 1 saturated heterocycles. The molecule has 0 bridgehead atoms. The Morgan fingerprint density at radius 3 is 2.55 bits per heavy atom. The number of nitrogens with one attached hydrogen (secondary N) is 1. The average Bonchev–Trinajstić information content (AvgIpc) is 3.25. The maximum Gasteiger partial charge on any atom is 0.333 e. The van der Waals surface area contributed by atoms with Gasteiger partial charge < -0.3 is 10.2 Å². The van der Waals surface area contributed by atoms with Crippen molar-refractivity contribution in [2.45, 2.75) is 52.2 Å². The van der Waals surface area contributed by atoms with Crippen LogP contribution in [0.5, 0.6) is 0 Å². The van der Waals surface area contributed by atoms with Crippen molar-refractivity contribution in [2.24, 2.45) is 0 Å². The first-order valence-electron chi connectivity index (χ1n) is 10.8. The van der Waals surface area contributed by atoms with Crippen LogP contribution in [0.3, 0.4) is 0 Å². The number of hydrogen-bond acceptors (Lipinski definition) is 6. The number of fused-ring (bicyclic) bond motifs is 1. The molecule has 1 amide bonds. The van der Waals surface area contributed by atoms with E-state index in [9.17, 15) is 14.4 Å². The fourth-order valence-corrected chi connectivity index (χ4v) is 4.92. The molecular weight excluding hydrogens is 414 g/mol. The molecule has 3 heterocycles. The number of hydrogen-bond donors (Lipinski definition) is 1. The van der Waals surface area contributed by atoms with Gasteiger partial charge in [0, 0.05) is 26.2 Å². The number of thiazole rings is 1. The molecule has 3 aromatic rings. The molecule has 2 aromatic heterocycles. The summed E-state index contributed by atoms with van der Waals surface area (Å²) in [4.78, 5) is 45.5. The van der Waals surface area contributed by atoms with E-state index in [1.54, 1.807) is 0 Å². The lowest BCUT2D eigenvalue weighted by molar-refractivity contribution is -0.121. The molecule has 1 fully saturated rings. The lowest BCUT2D eigenvalue weighted by Gasteiger charge is -2.25. The summed E-state index contributed by atoms with van der Waals surface area (Å²) in [5.41, 5.74) is 0.487. The third-order valence-corrected chi connectivity index (χ3v) is 6.56. The molecule has 1 aliphatic rings.